The zero-order valence-corrected chi connectivity index (χ0v) is 8.63. The monoisotopic (exact) mass is 213 g/mol. The predicted molar refractivity (Wildman–Crippen MR) is 50.3 cm³/mol. The van der Waals surface area contributed by atoms with Crippen LogP contribution in [0.3, 0.4) is 0 Å². The molecule has 1 aromatic heterocycles. The van der Waals surface area contributed by atoms with Gasteiger partial charge >= 0.3 is 11.7 Å². The third kappa shape index (κ3) is 2.12. The van der Waals surface area contributed by atoms with Gasteiger partial charge in [0.1, 0.15) is 17.9 Å². The lowest BCUT2D eigenvalue weighted by molar-refractivity contribution is -0.385. The third-order valence-electron chi connectivity index (χ3n) is 2.03. The van der Waals surface area contributed by atoms with E-state index in [-0.39, 0.29) is 11.4 Å². The summed E-state index contributed by atoms with van der Waals surface area (Å²) >= 11 is 0. The normalized spacial score (nSPS) is 12.2. The topological polar surface area (TPSA) is 87.3 Å². The van der Waals surface area contributed by atoms with E-state index >= 15 is 0 Å². The highest BCUT2D eigenvalue weighted by Crippen LogP contribution is 2.18. The molecule has 0 aliphatic carbocycles. The number of methoxy groups -OCH3 is 1. The smallest absolute Gasteiger partial charge is 0.330 e. The molecule has 0 saturated carbocycles. The highest BCUT2D eigenvalue weighted by atomic mass is 16.6. The summed E-state index contributed by atoms with van der Waals surface area (Å²) in [6.45, 7) is 3.07. The number of hydrogen-bond donors (Lipinski definition) is 0. The summed E-state index contributed by atoms with van der Waals surface area (Å²) in [6.07, 6.45) is 1.22. The van der Waals surface area contributed by atoms with Crippen LogP contribution in [0.5, 0.6) is 0 Å². The Morgan fingerprint density at radius 1 is 1.73 bits per heavy atom. The Kier molecular flexibility index (Phi) is 3.03. The summed E-state index contributed by atoms with van der Waals surface area (Å²) in [5.74, 6) is -0.493. The molecule has 15 heavy (non-hydrogen) atoms. The van der Waals surface area contributed by atoms with Crippen LogP contribution in [0.25, 0.3) is 0 Å². The minimum absolute atomic E-state index is 0.106. The summed E-state index contributed by atoms with van der Waals surface area (Å²) in [6, 6.07) is -0.664. The van der Waals surface area contributed by atoms with Crippen molar-refractivity contribution < 1.29 is 14.5 Å². The number of esters is 1. The van der Waals surface area contributed by atoms with E-state index in [1.165, 1.54) is 24.9 Å². The number of hydrogen-bond acceptors (Lipinski definition) is 5. The SMILES string of the molecule is COC(=O)[C@H](C)n1cc([N+](=O)[O-])c(C)n1. The predicted octanol–water partition coefficient (Wildman–Crippen LogP) is 0.834. The molecule has 0 bridgehead atoms. The zero-order chi connectivity index (χ0) is 11.6. The van der Waals surface area contributed by atoms with Gasteiger partial charge in [-0.25, -0.2) is 4.79 Å². The van der Waals surface area contributed by atoms with Crippen molar-refractivity contribution in [1.29, 1.82) is 0 Å². The minimum atomic E-state index is -0.664. The van der Waals surface area contributed by atoms with Crippen LogP contribution in [0.15, 0.2) is 6.20 Å². The van der Waals surface area contributed by atoms with Crippen LogP contribution in [-0.2, 0) is 9.53 Å². The van der Waals surface area contributed by atoms with E-state index in [9.17, 15) is 14.9 Å². The van der Waals surface area contributed by atoms with Crippen LogP contribution in [0.4, 0.5) is 5.69 Å². The van der Waals surface area contributed by atoms with Gasteiger partial charge < -0.3 is 4.74 Å². The molecule has 7 heteroatoms. The Hall–Kier alpha value is -1.92. The van der Waals surface area contributed by atoms with Crippen molar-refractivity contribution in [3.8, 4) is 0 Å². The quantitative estimate of drug-likeness (QED) is 0.421. The fraction of sp³-hybridized carbons (Fsp3) is 0.500. The molecule has 1 rings (SSSR count). The standard InChI is InChI=1S/C8H11N3O4/c1-5-7(11(13)14)4-10(9-5)6(2)8(12)15-3/h4,6H,1-3H3/t6-/m0/s1. The fourth-order valence-corrected chi connectivity index (χ4v) is 1.13. The first-order valence-corrected chi connectivity index (χ1v) is 4.25. The molecule has 0 aromatic carbocycles. The fourth-order valence-electron chi connectivity index (χ4n) is 1.13. The molecule has 0 amide bonds. The number of ether oxygens (including phenoxy) is 1. The lowest BCUT2D eigenvalue weighted by Crippen LogP contribution is -2.18. The van der Waals surface area contributed by atoms with E-state index in [2.05, 4.69) is 9.84 Å². The van der Waals surface area contributed by atoms with E-state index in [0.29, 0.717) is 0 Å². The number of nitrogens with zero attached hydrogens (tertiary/aromatic N) is 3. The summed E-state index contributed by atoms with van der Waals surface area (Å²) < 4.78 is 5.73. The van der Waals surface area contributed by atoms with Gasteiger partial charge in [-0.15, -0.1) is 0 Å². The number of aromatic nitrogens is 2. The maximum Gasteiger partial charge on any atom is 0.330 e. The first kappa shape index (κ1) is 11.2. The molecule has 0 saturated heterocycles. The van der Waals surface area contributed by atoms with E-state index in [0.717, 1.165) is 0 Å². The number of nitro groups is 1. The second kappa shape index (κ2) is 4.07. The van der Waals surface area contributed by atoms with Gasteiger partial charge in [0.05, 0.1) is 12.0 Å². The van der Waals surface area contributed by atoms with Crippen molar-refractivity contribution in [3.05, 3.63) is 22.0 Å². The molecule has 0 spiro atoms. The van der Waals surface area contributed by atoms with Gasteiger partial charge in [0, 0.05) is 0 Å². The van der Waals surface area contributed by atoms with E-state index in [1.54, 1.807) is 6.92 Å². The Morgan fingerprint density at radius 3 is 2.73 bits per heavy atom. The molecule has 1 aromatic rings. The molecule has 0 unspecified atom stereocenters. The van der Waals surface area contributed by atoms with Crippen LogP contribution in [0.1, 0.15) is 18.7 Å². The molecule has 82 valence electrons. The van der Waals surface area contributed by atoms with E-state index in [1.807, 2.05) is 0 Å². The second-order valence-corrected chi connectivity index (χ2v) is 3.04. The highest BCUT2D eigenvalue weighted by Gasteiger charge is 2.22. The van der Waals surface area contributed by atoms with Gasteiger partial charge in [0.15, 0.2) is 0 Å². The summed E-state index contributed by atoms with van der Waals surface area (Å²) in [5.41, 5.74) is 0.168. The second-order valence-electron chi connectivity index (χ2n) is 3.04. The van der Waals surface area contributed by atoms with Crippen molar-refractivity contribution in [2.24, 2.45) is 0 Å². The molecule has 0 aliphatic rings. The minimum Gasteiger partial charge on any atom is -0.467 e. The molecular weight excluding hydrogens is 202 g/mol. The lowest BCUT2D eigenvalue weighted by atomic mass is 10.3. The van der Waals surface area contributed by atoms with Crippen molar-refractivity contribution in [3.63, 3.8) is 0 Å². The van der Waals surface area contributed by atoms with Gasteiger partial charge in [-0.2, -0.15) is 5.10 Å². The molecule has 0 fully saturated rings. The van der Waals surface area contributed by atoms with Gasteiger partial charge in [-0.1, -0.05) is 0 Å². The average molecular weight is 213 g/mol. The van der Waals surface area contributed by atoms with Crippen molar-refractivity contribution in [2.75, 3.05) is 7.11 Å². The van der Waals surface area contributed by atoms with Crippen LogP contribution < -0.4 is 0 Å². The van der Waals surface area contributed by atoms with Crippen LogP contribution >= 0.6 is 0 Å². The van der Waals surface area contributed by atoms with Gasteiger partial charge in [0.2, 0.25) is 0 Å². The Labute approximate surface area is 85.8 Å². The molecular formula is C8H11N3O4. The maximum absolute atomic E-state index is 11.1. The summed E-state index contributed by atoms with van der Waals surface area (Å²) in [7, 11) is 1.25. The van der Waals surface area contributed by atoms with E-state index < -0.39 is 16.9 Å². The Morgan fingerprint density at radius 2 is 2.33 bits per heavy atom. The summed E-state index contributed by atoms with van der Waals surface area (Å²) in [5, 5.41) is 14.4. The van der Waals surface area contributed by atoms with Gasteiger partial charge in [-0.05, 0) is 13.8 Å². The third-order valence-corrected chi connectivity index (χ3v) is 2.03. The molecule has 0 radical (unpaired) electrons. The zero-order valence-electron chi connectivity index (χ0n) is 8.63. The maximum atomic E-state index is 11.1. The molecule has 1 heterocycles. The van der Waals surface area contributed by atoms with Crippen molar-refractivity contribution in [2.45, 2.75) is 19.9 Å². The first-order chi connectivity index (χ1) is 6.97. The van der Waals surface area contributed by atoms with Gasteiger partial charge in [-0.3, -0.25) is 14.8 Å². The van der Waals surface area contributed by atoms with Gasteiger partial charge in [0.25, 0.3) is 0 Å². The van der Waals surface area contributed by atoms with Crippen LogP contribution in [0.2, 0.25) is 0 Å². The number of carbonyl (C=O) groups is 1. The number of rotatable bonds is 3. The molecule has 0 aliphatic heterocycles. The van der Waals surface area contributed by atoms with Crippen LogP contribution in [-0.4, -0.2) is 27.8 Å². The van der Waals surface area contributed by atoms with E-state index in [4.69, 9.17) is 0 Å². The Balaban J connectivity index is 3.02. The lowest BCUT2D eigenvalue weighted by Gasteiger charge is -2.07. The van der Waals surface area contributed by atoms with Crippen molar-refractivity contribution in [1.82, 2.24) is 9.78 Å². The van der Waals surface area contributed by atoms with Crippen LogP contribution in [0, 0.1) is 17.0 Å². The molecule has 7 nitrogen and oxygen atoms in total. The molecule has 1 atom stereocenters. The number of aryl methyl sites for hydroxylation is 1. The molecule has 0 N–H and O–H groups in total. The Bertz CT molecular complexity index is 399. The number of carbonyl (C=O) groups excluding carboxylic acids is 1. The van der Waals surface area contributed by atoms with Crippen molar-refractivity contribution >= 4 is 11.7 Å². The summed E-state index contributed by atoms with van der Waals surface area (Å²) in [4.78, 5) is 21.1. The largest absolute Gasteiger partial charge is 0.467 e. The average Bonchev–Trinajstić information content (AvgIpc) is 2.58. The first-order valence-electron chi connectivity index (χ1n) is 4.25. The highest BCUT2D eigenvalue weighted by molar-refractivity contribution is 5.73.